The van der Waals surface area contributed by atoms with Gasteiger partial charge in [-0.1, -0.05) is 0 Å². The summed E-state index contributed by atoms with van der Waals surface area (Å²) in [6.07, 6.45) is 0.352. The van der Waals surface area contributed by atoms with Gasteiger partial charge in [0, 0.05) is 10.6 Å². The Hall–Kier alpha value is -1.47. The van der Waals surface area contributed by atoms with Crippen LogP contribution in [-0.2, 0) is 9.53 Å². The molecule has 17 heavy (non-hydrogen) atoms. The summed E-state index contributed by atoms with van der Waals surface area (Å²) in [5.41, 5.74) is 0.647. The molecule has 0 saturated carbocycles. The highest BCUT2D eigenvalue weighted by atomic mass is 32.2. The molecule has 3 nitrogen and oxygen atoms in total. The number of benzene rings is 1. The van der Waals surface area contributed by atoms with E-state index in [1.54, 1.807) is 23.9 Å². The van der Waals surface area contributed by atoms with Crippen molar-refractivity contribution >= 4 is 17.7 Å². The number of carbonyl (C=O) groups is 1. The van der Waals surface area contributed by atoms with Crippen LogP contribution in [0.15, 0.2) is 29.2 Å². The molecule has 0 aromatic heterocycles. The Morgan fingerprint density at radius 3 is 2.59 bits per heavy atom. The summed E-state index contributed by atoms with van der Waals surface area (Å²) in [6.45, 7) is 3.68. The SMILES string of the molecule is CC(C)OC(=O)CCSc1ccc(C#N)cc1. The van der Waals surface area contributed by atoms with Crippen molar-refractivity contribution in [1.29, 1.82) is 5.26 Å². The van der Waals surface area contributed by atoms with E-state index in [1.807, 2.05) is 26.0 Å². The second-order valence-electron chi connectivity index (χ2n) is 3.77. The number of thioether (sulfide) groups is 1. The van der Waals surface area contributed by atoms with Crippen molar-refractivity contribution < 1.29 is 9.53 Å². The van der Waals surface area contributed by atoms with Gasteiger partial charge < -0.3 is 4.74 Å². The average molecular weight is 249 g/mol. The predicted molar refractivity (Wildman–Crippen MR) is 67.7 cm³/mol. The van der Waals surface area contributed by atoms with E-state index in [4.69, 9.17) is 10.00 Å². The van der Waals surface area contributed by atoms with Gasteiger partial charge in [-0.05, 0) is 38.1 Å². The molecule has 0 unspecified atom stereocenters. The molecule has 0 aliphatic rings. The summed E-state index contributed by atoms with van der Waals surface area (Å²) in [7, 11) is 0. The molecule has 0 fully saturated rings. The summed E-state index contributed by atoms with van der Waals surface area (Å²) >= 11 is 1.58. The lowest BCUT2D eigenvalue weighted by Gasteiger charge is -2.07. The molecule has 0 amide bonds. The van der Waals surface area contributed by atoms with Crippen molar-refractivity contribution in [2.45, 2.75) is 31.3 Å². The van der Waals surface area contributed by atoms with E-state index in [0.29, 0.717) is 17.7 Å². The van der Waals surface area contributed by atoms with Crippen molar-refractivity contribution in [3.63, 3.8) is 0 Å². The van der Waals surface area contributed by atoms with Crippen molar-refractivity contribution in [3.8, 4) is 6.07 Å². The summed E-state index contributed by atoms with van der Waals surface area (Å²) in [5, 5.41) is 8.64. The number of carbonyl (C=O) groups excluding carboxylic acids is 1. The van der Waals surface area contributed by atoms with Crippen LogP contribution in [0.1, 0.15) is 25.8 Å². The fourth-order valence-corrected chi connectivity index (χ4v) is 2.03. The van der Waals surface area contributed by atoms with Gasteiger partial charge in [0.1, 0.15) is 0 Å². The van der Waals surface area contributed by atoms with Crippen LogP contribution in [0, 0.1) is 11.3 Å². The second kappa shape index (κ2) is 6.97. The van der Waals surface area contributed by atoms with Crippen LogP contribution < -0.4 is 0 Å². The van der Waals surface area contributed by atoms with E-state index < -0.39 is 0 Å². The lowest BCUT2D eigenvalue weighted by molar-refractivity contribution is -0.146. The molecule has 0 heterocycles. The first-order valence-corrected chi connectivity index (χ1v) is 6.43. The molecule has 0 spiro atoms. The van der Waals surface area contributed by atoms with E-state index in [0.717, 1.165) is 4.90 Å². The summed E-state index contributed by atoms with van der Waals surface area (Å²) in [6, 6.07) is 9.38. The third kappa shape index (κ3) is 5.41. The largest absolute Gasteiger partial charge is 0.463 e. The molecule has 1 aromatic carbocycles. The normalized spacial score (nSPS) is 10.0. The van der Waals surface area contributed by atoms with Gasteiger partial charge in [-0.3, -0.25) is 4.79 Å². The van der Waals surface area contributed by atoms with E-state index in [1.165, 1.54) is 0 Å². The zero-order chi connectivity index (χ0) is 12.7. The monoisotopic (exact) mass is 249 g/mol. The average Bonchev–Trinajstić information content (AvgIpc) is 2.29. The number of nitriles is 1. The molecular weight excluding hydrogens is 234 g/mol. The number of nitrogens with zero attached hydrogens (tertiary/aromatic N) is 1. The molecule has 0 aliphatic carbocycles. The van der Waals surface area contributed by atoms with E-state index >= 15 is 0 Å². The predicted octanol–water partition coefficient (Wildman–Crippen LogP) is 2.99. The zero-order valence-electron chi connectivity index (χ0n) is 9.97. The van der Waals surface area contributed by atoms with Crippen LogP contribution in [0.5, 0.6) is 0 Å². The molecular formula is C13H15NO2S. The minimum atomic E-state index is -0.166. The van der Waals surface area contributed by atoms with E-state index in [9.17, 15) is 4.79 Å². The fraction of sp³-hybridized carbons (Fsp3) is 0.385. The number of hydrogen-bond donors (Lipinski definition) is 0. The molecule has 1 aromatic rings. The van der Waals surface area contributed by atoms with Crippen LogP contribution in [0.2, 0.25) is 0 Å². The van der Waals surface area contributed by atoms with Crippen LogP contribution in [-0.4, -0.2) is 17.8 Å². The third-order valence-electron chi connectivity index (χ3n) is 1.93. The minimum absolute atomic E-state index is 0.0533. The summed E-state index contributed by atoms with van der Waals surface area (Å²) in [4.78, 5) is 12.3. The van der Waals surface area contributed by atoms with Crippen molar-refractivity contribution in [1.82, 2.24) is 0 Å². The molecule has 4 heteroatoms. The van der Waals surface area contributed by atoms with Gasteiger partial charge in [0.25, 0.3) is 0 Å². The molecule has 1 rings (SSSR count). The van der Waals surface area contributed by atoms with Crippen LogP contribution >= 0.6 is 11.8 Å². The van der Waals surface area contributed by atoms with Gasteiger partial charge in [-0.25, -0.2) is 0 Å². The Bertz CT molecular complexity index is 406. The van der Waals surface area contributed by atoms with Crippen molar-refractivity contribution in [2.75, 3.05) is 5.75 Å². The van der Waals surface area contributed by atoms with Gasteiger partial charge in [-0.2, -0.15) is 5.26 Å². The number of hydrogen-bond acceptors (Lipinski definition) is 4. The highest BCUT2D eigenvalue weighted by Gasteiger charge is 2.05. The minimum Gasteiger partial charge on any atom is -0.463 e. The number of ether oxygens (including phenoxy) is 1. The molecule has 90 valence electrons. The van der Waals surface area contributed by atoms with Gasteiger partial charge in [0.2, 0.25) is 0 Å². The maximum Gasteiger partial charge on any atom is 0.306 e. The molecule has 0 N–H and O–H groups in total. The van der Waals surface area contributed by atoms with E-state index in [-0.39, 0.29) is 12.1 Å². The smallest absolute Gasteiger partial charge is 0.306 e. The van der Waals surface area contributed by atoms with Gasteiger partial charge in [0.05, 0.1) is 24.2 Å². The highest BCUT2D eigenvalue weighted by Crippen LogP contribution is 2.19. The standard InChI is InChI=1S/C13H15NO2S/c1-10(2)16-13(15)7-8-17-12-5-3-11(9-14)4-6-12/h3-6,10H,7-8H2,1-2H3. The molecule has 0 aliphatic heterocycles. The second-order valence-corrected chi connectivity index (χ2v) is 4.94. The Morgan fingerprint density at radius 1 is 1.41 bits per heavy atom. The molecule has 0 radical (unpaired) electrons. The third-order valence-corrected chi connectivity index (χ3v) is 2.94. The molecule has 0 bridgehead atoms. The van der Waals surface area contributed by atoms with Crippen LogP contribution in [0.4, 0.5) is 0 Å². The maximum absolute atomic E-state index is 11.3. The summed E-state index contributed by atoms with van der Waals surface area (Å²) < 4.78 is 5.03. The van der Waals surface area contributed by atoms with E-state index in [2.05, 4.69) is 6.07 Å². The van der Waals surface area contributed by atoms with Gasteiger partial charge >= 0.3 is 5.97 Å². The van der Waals surface area contributed by atoms with Crippen molar-refractivity contribution in [2.24, 2.45) is 0 Å². The Kier molecular flexibility index (Phi) is 5.58. The first kappa shape index (κ1) is 13.6. The Morgan fingerprint density at radius 2 is 2.06 bits per heavy atom. The van der Waals surface area contributed by atoms with Gasteiger partial charge in [0.15, 0.2) is 0 Å². The number of esters is 1. The number of rotatable bonds is 5. The van der Waals surface area contributed by atoms with Gasteiger partial charge in [-0.15, -0.1) is 11.8 Å². The topological polar surface area (TPSA) is 50.1 Å². The lowest BCUT2D eigenvalue weighted by Crippen LogP contribution is -2.11. The zero-order valence-corrected chi connectivity index (χ0v) is 10.8. The Labute approximate surface area is 106 Å². The van der Waals surface area contributed by atoms with Crippen molar-refractivity contribution in [3.05, 3.63) is 29.8 Å². The highest BCUT2D eigenvalue weighted by molar-refractivity contribution is 7.99. The molecule has 0 saturated heterocycles. The quantitative estimate of drug-likeness (QED) is 0.594. The Balaban J connectivity index is 2.31. The first-order valence-electron chi connectivity index (χ1n) is 5.44. The van der Waals surface area contributed by atoms with Crippen LogP contribution in [0.3, 0.4) is 0 Å². The van der Waals surface area contributed by atoms with Crippen LogP contribution in [0.25, 0.3) is 0 Å². The molecule has 0 atom stereocenters. The lowest BCUT2D eigenvalue weighted by atomic mass is 10.2. The maximum atomic E-state index is 11.3. The first-order chi connectivity index (χ1) is 8.11. The fourth-order valence-electron chi connectivity index (χ4n) is 1.20. The summed E-state index contributed by atoms with van der Waals surface area (Å²) in [5.74, 6) is 0.526.